The van der Waals surface area contributed by atoms with Crippen molar-refractivity contribution in [1.29, 1.82) is 5.26 Å². The molecule has 0 bridgehead atoms. The highest BCUT2D eigenvalue weighted by Gasteiger charge is 2.14. The molecule has 4 nitrogen and oxygen atoms in total. The topological polar surface area (TPSA) is 76.1 Å². The molecule has 2 N–H and O–H groups in total. The van der Waals surface area contributed by atoms with Crippen molar-refractivity contribution in [2.75, 3.05) is 18.7 Å². The average molecular weight is 225 g/mol. The number of hydrogen-bond acceptors (Lipinski definition) is 4. The van der Waals surface area contributed by atoms with Crippen LogP contribution in [0.1, 0.15) is 15.9 Å². The van der Waals surface area contributed by atoms with E-state index in [9.17, 15) is 4.79 Å². The van der Waals surface area contributed by atoms with Gasteiger partial charge in [-0.25, -0.2) is 0 Å². The van der Waals surface area contributed by atoms with Crippen molar-refractivity contribution in [2.24, 2.45) is 0 Å². The maximum Gasteiger partial charge on any atom is 0.179 e. The van der Waals surface area contributed by atoms with Gasteiger partial charge in [-0.15, -0.1) is 11.6 Å². The minimum atomic E-state index is -0.327. The molecule has 0 fully saturated rings. The van der Waals surface area contributed by atoms with Crippen LogP contribution in [-0.2, 0) is 0 Å². The molecule has 1 aromatic rings. The van der Waals surface area contributed by atoms with Crippen molar-refractivity contribution >= 4 is 23.1 Å². The number of Topliss-reactive ketones (excluding diaryl/α,β-unsaturated/α-hetero) is 1. The predicted molar refractivity (Wildman–Crippen MR) is 57.2 cm³/mol. The summed E-state index contributed by atoms with van der Waals surface area (Å²) in [5.41, 5.74) is 6.36. The number of nitriles is 1. The SMILES string of the molecule is COc1cc(C(=O)CCl)c(C#N)cc1N. The van der Waals surface area contributed by atoms with Crippen LogP contribution in [0.2, 0.25) is 0 Å². The maximum atomic E-state index is 11.4. The summed E-state index contributed by atoms with van der Waals surface area (Å²) < 4.78 is 4.95. The summed E-state index contributed by atoms with van der Waals surface area (Å²) in [4.78, 5) is 11.4. The highest BCUT2D eigenvalue weighted by molar-refractivity contribution is 6.30. The van der Waals surface area contributed by atoms with Crippen molar-refractivity contribution in [2.45, 2.75) is 0 Å². The molecule has 0 aromatic heterocycles. The van der Waals surface area contributed by atoms with Gasteiger partial charge in [0.05, 0.1) is 30.3 Å². The van der Waals surface area contributed by atoms with Gasteiger partial charge in [0, 0.05) is 5.56 Å². The number of nitrogens with two attached hydrogens (primary N) is 1. The summed E-state index contributed by atoms with van der Waals surface area (Å²) in [5, 5.41) is 8.81. The standard InChI is InChI=1S/C10H9ClN2O2/c1-15-10-3-7(9(14)4-11)6(5-12)2-8(10)13/h2-3H,4,13H2,1H3. The van der Waals surface area contributed by atoms with E-state index in [1.54, 1.807) is 0 Å². The molecule has 0 heterocycles. The monoisotopic (exact) mass is 224 g/mol. The fraction of sp³-hybridized carbons (Fsp3) is 0.200. The Kier molecular flexibility index (Phi) is 3.53. The van der Waals surface area contributed by atoms with Crippen molar-refractivity contribution in [3.8, 4) is 11.8 Å². The fourth-order valence-electron chi connectivity index (χ4n) is 1.17. The molecule has 5 heteroatoms. The summed E-state index contributed by atoms with van der Waals surface area (Å²) in [7, 11) is 1.44. The van der Waals surface area contributed by atoms with E-state index in [4.69, 9.17) is 27.3 Å². The largest absolute Gasteiger partial charge is 0.495 e. The lowest BCUT2D eigenvalue weighted by molar-refractivity contribution is 0.102. The van der Waals surface area contributed by atoms with Gasteiger partial charge in [0.1, 0.15) is 5.75 Å². The van der Waals surface area contributed by atoms with Crippen LogP contribution in [0.3, 0.4) is 0 Å². The quantitative estimate of drug-likeness (QED) is 0.480. The van der Waals surface area contributed by atoms with Crippen LogP contribution in [0.15, 0.2) is 12.1 Å². The zero-order valence-corrected chi connectivity index (χ0v) is 8.84. The Hall–Kier alpha value is -1.73. The Morgan fingerprint density at radius 2 is 2.33 bits per heavy atom. The summed E-state index contributed by atoms with van der Waals surface area (Å²) in [5.74, 6) is -0.143. The van der Waals surface area contributed by atoms with Crippen molar-refractivity contribution < 1.29 is 9.53 Å². The third-order valence-electron chi connectivity index (χ3n) is 1.91. The van der Waals surface area contributed by atoms with E-state index in [-0.39, 0.29) is 22.8 Å². The molecule has 1 rings (SSSR count). The van der Waals surface area contributed by atoms with Gasteiger partial charge in [-0.3, -0.25) is 4.79 Å². The molecule has 0 saturated carbocycles. The average Bonchev–Trinajstić information content (AvgIpc) is 2.27. The molecule has 0 spiro atoms. The lowest BCUT2D eigenvalue weighted by Gasteiger charge is -2.07. The molecule has 0 saturated heterocycles. The number of halogens is 1. The first-order valence-corrected chi connectivity index (χ1v) is 4.64. The fourth-order valence-corrected chi connectivity index (χ4v) is 1.31. The number of ether oxygens (including phenoxy) is 1. The highest BCUT2D eigenvalue weighted by atomic mass is 35.5. The Morgan fingerprint density at radius 3 is 2.80 bits per heavy atom. The molecule has 0 aliphatic carbocycles. The third kappa shape index (κ3) is 2.20. The van der Waals surface area contributed by atoms with E-state index < -0.39 is 0 Å². The Balaban J connectivity index is 3.37. The number of anilines is 1. The van der Waals surface area contributed by atoms with Gasteiger partial charge in [0.2, 0.25) is 0 Å². The van der Waals surface area contributed by atoms with Crippen LogP contribution in [0.4, 0.5) is 5.69 Å². The van der Waals surface area contributed by atoms with Crippen LogP contribution < -0.4 is 10.5 Å². The number of nitrogens with zero attached hydrogens (tertiary/aromatic N) is 1. The summed E-state index contributed by atoms with van der Waals surface area (Å²) in [6, 6.07) is 4.72. The number of methoxy groups -OCH3 is 1. The minimum Gasteiger partial charge on any atom is -0.495 e. The van der Waals surface area contributed by atoms with E-state index >= 15 is 0 Å². The molecule has 15 heavy (non-hydrogen) atoms. The van der Waals surface area contributed by atoms with Crippen LogP contribution in [0.25, 0.3) is 0 Å². The number of rotatable bonds is 3. The smallest absolute Gasteiger partial charge is 0.179 e. The number of carbonyl (C=O) groups excluding carboxylic acids is 1. The van der Waals surface area contributed by atoms with Crippen LogP contribution in [-0.4, -0.2) is 18.8 Å². The second kappa shape index (κ2) is 4.67. The molecule has 0 aliphatic heterocycles. The van der Waals surface area contributed by atoms with Gasteiger partial charge in [0.15, 0.2) is 5.78 Å². The molecule has 1 aromatic carbocycles. The molecule has 78 valence electrons. The van der Waals surface area contributed by atoms with Crippen LogP contribution in [0.5, 0.6) is 5.75 Å². The number of carbonyl (C=O) groups is 1. The number of alkyl halides is 1. The van der Waals surface area contributed by atoms with Crippen molar-refractivity contribution in [1.82, 2.24) is 0 Å². The summed E-state index contributed by atoms with van der Waals surface area (Å²) in [6.45, 7) is 0. The summed E-state index contributed by atoms with van der Waals surface area (Å²) >= 11 is 5.42. The van der Waals surface area contributed by atoms with Gasteiger partial charge in [0.25, 0.3) is 0 Å². The maximum absolute atomic E-state index is 11.4. The van der Waals surface area contributed by atoms with E-state index in [1.165, 1.54) is 19.2 Å². The molecule has 0 aliphatic rings. The minimum absolute atomic E-state index is 0.179. The zero-order chi connectivity index (χ0) is 11.4. The second-order valence-corrected chi connectivity index (χ2v) is 3.08. The van der Waals surface area contributed by atoms with E-state index in [1.807, 2.05) is 6.07 Å². The molecular formula is C10H9ClN2O2. The highest BCUT2D eigenvalue weighted by Crippen LogP contribution is 2.25. The van der Waals surface area contributed by atoms with Gasteiger partial charge in [-0.05, 0) is 12.1 Å². The van der Waals surface area contributed by atoms with E-state index in [0.29, 0.717) is 11.4 Å². The van der Waals surface area contributed by atoms with E-state index in [0.717, 1.165) is 0 Å². The number of hydrogen-bond donors (Lipinski definition) is 1. The Morgan fingerprint density at radius 1 is 1.67 bits per heavy atom. The lowest BCUT2D eigenvalue weighted by atomic mass is 10.0. The van der Waals surface area contributed by atoms with Crippen LogP contribution >= 0.6 is 11.6 Å². The molecule has 0 radical (unpaired) electrons. The molecule has 0 amide bonds. The normalized spacial score (nSPS) is 9.40. The van der Waals surface area contributed by atoms with Gasteiger partial charge < -0.3 is 10.5 Å². The Labute approximate surface area is 92.2 Å². The number of nitrogen functional groups attached to an aromatic ring is 1. The van der Waals surface area contributed by atoms with Gasteiger partial charge in [-0.1, -0.05) is 0 Å². The zero-order valence-electron chi connectivity index (χ0n) is 8.08. The molecule has 0 unspecified atom stereocenters. The van der Waals surface area contributed by atoms with Crippen LogP contribution in [0, 0.1) is 11.3 Å². The lowest BCUT2D eigenvalue weighted by Crippen LogP contribution is -2.05. The third-order valence-corrected chi connectivity index (χ3v) is 2.15. The summed E-state index contributed by atoms with van der Waals surface area (Å²) in [6.07, 6.45) is 0. The first-order chi connectivity index (χ1) is 7.13. The first-order valence-electron chi connectivity index (χ1n) is 4.10. The van der Waals surface area contributed by atoms with Gasteiger partial charge in [-0.2, -0.15) is 5.26 Å². The molecular weight excluding hydrogens is 216 g/mol. The second-order valence-electron chi connectivity index (χ2n) is 2.81. The number of ketones is 1. The molecule has 0 atom stereocenters. The predicted octanol–water partition coefficient (Wildman–Crippen LogP) is 1.57. The Bertz CT molecular complexity index is 438. The van der Waals surface area contributed by atoms with E-state index in [2.05, 4.69) is 0 Å². The van der Waals surface area contributed by atoms with Crippen molar-refractivity contribution in [3.63, 3.8) is 0 Å². The number of benzene rings is 1. The van der Waals surface area contributed by atoms with Crippen molar-refractivity contribution in [3.05, 3.63) is 23.3 Å². The van der Waals surface area contributed by atoms with Gasteiger partial charge >= 0.3 is 0 Å². The first kappa shape index (κ1) is 11.3.